The van der Waals surface area contributed by atoms with Crippen molar-refractivity contribution in [3.05, 3.63) is 81.2 Å². The molecule has 0 atom stereocenters. The number of rotatable bonds is 3. The number of hydrogen-bond acceptors (Lipinski definition) is 3. The molecule has 1 saturated heterocycles. The second-order valence-corrected chi connectivity index (χ2v) is 7.42. The molecular formula is C18H11Cl2NOS2. The first kappa shape index (κ1) is 17.2. The van der Waals surface area contributed by atoms with Crippen molar-refractivity contribution in [3.63, 3.8) is 0 Å². The first-order valence-electron chi connectivity index (χ1n) is 7.01. The quantitative estimate of drug-likeness (QED) is 0.475. The standard InChI is InChI=1S/C18H11Cl2NOS2/c19-13-9-10-15(14(20)11-13)21-17(22)16(24-18(21)23)8-4-7-12-5-2-1-3-6-12/h1-11H/b7-4-,16-8-. The number of amides is 1. The lowest BCUT2D eigenvalue weighted by atomic mass is 10.2. The Morgan fingerprint density at radius 1 is 1.08 bits per heavy atom. The van der Waals surface area contributed by atoms with Crippen molar-refractivity contribution in [2.45, 2.75) is 0 Å². The van der Waals surface area contributed by atoms with Gasteiger partial charge in [-0.2, -0.15) is 0 Å². The van der Waals surface area contributed by atoms with Crippen molar-refractivity contribution >= 4 is 69.2 Å². The van der Waals surface area contributed by atoms with Crippen molar-refractivity contribution < 1.29 is 4.79 Å². The Hall–Kier alpha value is -1.59. The Bertz CT molecular complexity index is 863. The molecule has 0 saturated carbocycles. The highest BCUT2D eigenvalue weighted by Gasteiger charge is 2.34. The molecule has 6 heteroatoms. The number of carbonyl (C=O) groups excluding carboxylic acids is 1. The van der Waals surface area contributed by atoms with Crippen LogP contribution in [0, 0.1) is 0 Å². The summed E-state index contributed by atoms with van der Waals surface area (Å²) in [5.74, 6) is -0.188. The second-order valence-electron chi connectivity index (χ2n) is 4.90. The van der Waals surface area contributed by atoms with E-state index in [1.54, 1.807) is 24.3 Å². The molecular weight excluding hydrogens is 381 g/mol. The van der Waals surface area contributed by atoms with Gasteiger partial charge in [0, 0.05) is 5.02 Å². The van der Waals surface area contributed by atoms with Crippen molar-refractivity contribution in [3.8, 4) is 0 Å². The van der Waals surface area contributed by atoms with Crippen molar-refractivity contribution in [1.82, 2.24) is 0 Å². The van der Waals surface area contributed by atoms with E-state index in [1.165, 1.54) is 16.7 Å². The molecule has 24 heavy (non-hydrogen) atoms. The monoisotopic (exact) mass is 391 g/mol. The highest BCUT2D eigenvalue weighted by Crippen LogP contribution is 2.38. The molecule has 1 heterocycles. The van der Waals surface area contributed by atoms with E-state index in [2.05, 4.69) is 0 Å². The molecule has 0 bridgehead atoms. The average Bonchev–Trinajstić information content (AvgIpc) is 2.83. The third kappa shape index (κ3) is 3.73. The summed E-state index contributed by atoms with van der Waals surface area (Å²) in [4.78, 5) is 14.6. The first-order chi connectivity index (χ1) is 11.6. The number of allylic oxidation sites excluding steroid dienone is 2. The molecule has 120 valence electrons. The van der Waals surface area contributed by atoms with Gasteiger partial charge >= 0.3 is 0 Å². The molecule has 0 aliphatic carbocycles. The number of carbonyl (C=O) groups is 1. The molecule has 0 aromatic heterocycles. The van der Waals surface area contributed by atoms with Gasteiger partial charge in [0.15, 0.2) is 4.32 Å². The minimum atomic E-state index is -0.188. The van der Waals surface area contributed by atoms with Crippen LogP contribution >= 0.6 is 47.2 Å². The van der Waals surface area contributed by atoms with E-state index < -0.39 is 0 Å². The van der Waals surface area contributed by atoms with Gasteiger partial charge in [0.25, 0.3) is 5.91 Å². The zero-order valence-corrected chi connectivity index (χ0v) is 15.4. The van der Waals surface area contributed by atoms with E-state index >= 15 is 0 Å². The Balaban J connectivity index is 1.84. The van der Waals surface area contributed by atoms with Gasteiger partial charge in [-0.05, 0) is 29.8 Å². The van der Waals surface area contributed by atoms with Crippen molar-refractivity contribution in [2.75, 3.05) is 4.90 Å². The smallest absolute Gasteiger partial charge is 0.268 e. The SMILES string of the molecule is O=C1/C(=C/C=C\c2ccccc2)SC(=S)N1c1ccc(Cl)cc1Cl. The predicted octanol–water partition coefficient (Wildman–Crippen LogP) is 5.96. The summed E-state index contributed by atoms with van der Waals surface area (Å²) in [6.45, 7) is 0. The fraction of sp³-hybridized carbons (Fsp3) is 0. The van der Waals surface area contributed by atoms with E-state index in [-0.39, 0.29) is 5.91 Å². The number of halogens is 2. The molecule has 1 amide bonds. The van der Waals surface area contributed by atoms with Gasteiger partial charge in [-0.25, -0.2) is 0 Å². The molecule has 1 fully saturated rings. The second kappa shape index (κ2) is 7.53. The summed E-state index contributed by atoms with van der Waals surface area (Å²) in [5, 5.41) is 0.899. The van der Waals surface area contributed by atoms with Crippen LogP contribution in [0.3, 0.4) is 0 Å². The molecule has 0 unspecified atom stereocenters. The third-order valence-electron chi connectivity index (χ3n) is 3.28. The van der Waals surface area contributed by atoms with Crippen LogP contribution in [-0.4, -0.2) is 10.2 Å². The predicted molar refractivity (Wildman–Crippen MR) is 108 cm³/mol. The minimum Gasteiger partial charge on any atom is -0.268 e. The summed E-state index contributed by atoms with van der Waals surface area (Å²) in [6, 6.07) is 14.8. The topological polar surface area (TPSA) is 20.3 Å². The van der Waals surface area contributed by atoms with Crippen LogP contribution in [-0.2, 0) is 4.79 Å². The van der Waals surface area contributed by atoms with E-state index in [0.717, 1.165) is 5.56 Å². The fourth-order valence-corrected chi connectivity index (χ4v) is 3.89. The van der Waals surface area contributed by atoms with Crippen LogP contribution < -0.4 is 4.90 Å². The molecule has 2 aromatic rings. The summed E-state index contributed by atoms with van der Waals surface area (Å²) in [7, 11) is 0. The molecule has 2 aromatic carbocycles. The van der Waals surface area contributed by atoms with Crippen LogP contribution in [0.25, 0.3) is 6.08 Å². The summed E-state index contributed by atoms with van der Waals surface area (Å²) < 4.78 is 0.448. The zero-order valence-electron chi connectivity index (χ0n) is 12.3. The molecule has 2 nitrogen and oxygen atoms in total. The van der Waals surface area contributed by atoms with Crippen molar-refractivity contribution in [2.24, 2.45) is 0 Å². The Labute approximate surface area is 159 Å². The highest BCUT2D eigenvalue weighted by molar-refractivity contribution is 8.27. The molecule has 1 aliphatic rings. The maximum atomic E-state index is 12.6. The maximum absolute atomic E-state index is 12.6. The lowest BCUT2D eigenvalue weighted by Gasteiger charge is -2.16. The minimum absolute atomic E-state index is 0.188. The lowest BCUT2D eigenvalue weighted by Crippen LogP contribution is -2.27. The molecule has 0 radical (unpaired) electrons. The number of hydrogen-bond donors (Lipinski definition) is 0. The molecule has 1 aliphatic heterocycles. The number of thioether (sulfide) groups is 1. The van der Waals surface area contributed by atoms with Gasteiger partial charge in [0.2, 0.25) is 0 Å². The van der Waals surface area contributed by atoms with Crippen LogP contribution in [0.2, 0.25) is 10.0 Å². The fourth-order valence-electron chi connectivity index (χ4n) is 2.16. The van der Waals surface area contributed by atoms with Crippen LogP contribution in [0.4, 0.5) is 5.69 Å². The largest absolute Gasteiger partial charge is 0.270 e. The van der Waals surface area contributed by atoms with Crippen LogP contribution in [0.1, 0.15) is 5.56 Å². The maximum Gasteiger partial charge on any atom is 0.270 e. The van der Waals surface area contributed by atoms with Crippen LogP contribution in [0.15, 0.2) is 65.6 Å². The van der Waals surface area contributed by atoms with Gasteiger partial charge in [0.1, 0.15) is 0 Å². The van der Waals surface area contributed by atoms with Gasteiger partial charge < -0.3 is 0 Å². The Morgan fingerprint density at radius 2 is 1.83 bits per heavy atom. The highest BCUT2D eigenvalue weighted by atomic mass is 35.5. The number of thiocarbonyl (C=S) groups is 1. The number of benzene rings is 2. The summed E-state index contributed by atoms with van der Waals surface area (Å²) in [5.41, 5.74) is 1.60. The van der Waals surface area contributed by atoms with E-state index in [4.69, 9.17) is 35.4 Å². The first-order valence-corrected chi connectivity index (χ1v) is 8.99. The van der Waals surface area contributed by atoms with Gasteiger partial charge in [0.05, 0.1) is 15.6 Å². The normalized spacial score (nSPS) is 16.6. The lowest BCUT2D eigenvalue weighted by molar-refractivity contribution is -0.113. The molecule has 0 N–H and O–H groups in total. The van der Waals surface area contributed by atoms with Crippen LogP contribution in [0.5, 0.6) is 0 Å². The van der Waals surface area contributed by atoms with E-state index in [9.17, 15) is 4.79 Å². The van der Waals surface area contributed by atoms with E-state index in [0.29, 0.717) is 25.0 Å². The van der Waals surface area contributed by atoms with Gasteiger partial charge in [-0.15, -0.1) is 0 Å². The number of anilines is 1. The zero-order chi connectivity index (χ0) is 17.1. The molecule has 3 rings (SSSR count). The number of nitrogens with zero attached hydrogens (tertiary/aromatic N) is 1. The average molecular weight is 392 g/mol. The van der Waals surface area contributed by atoms with Gasteiger partial charge in [-0.1, -0.05) is 89.7 Å². The van der Waals surface area contributed by atoms with E-state index in [1.807, 2.05) is 42.5 Å². The Kier molecular flexibility index (Phi) is 5.41. The Morgan fingerprint density at radius 3 is 2.54 bits per heavy atom. The summed E-state index contributed by atoms with van der Waals surface area (Å²) in [6.07, 6.45) is 5.53. The molecule has 0 spiro atoms. The third-order valence-corrected chi connectivity index (χ3v) is 5.14. The summed E-state index contributed by atoms with van der Waals surface area (Å²) >= 11 is 18.7. The van der Waals surface area contributed by atoms with Gasteiger partial charge in [-0.3, -0.25) is 9.69 Å². The van der Waals surface area contributed by atoms with Crippen molar-refractivity contribution in [1.29, 1.82) is 0 Å².